The van der Waals surface area contributed by atoms with E-state index in [4.69, 9.17) is 15.2 Å². The Morgan fingerprint density at radius 2 is 1.63 bits per heavy atom. The van der Waals surface area contributed by atoms with Gasteiger partial charge < -0.3 is 20.5 Å². The third-order valence-electron chi connectivity index (χ3n) is 3.89. The lowest BCUT2D eigenvalue weighted by atomic mass is 10.1. The molecule has 0 aromatic carbocycles. The number of rotatable bonds is 15. The molecule has 3 amide bonds. The van der Waals surface area contributed by atoms with Crippen LogP contribution in [0.2, 0.25) is 0 Å². The lowest BCUT2D eigenvalue weighted by Crippen LogP contribution is -2.41. The molecule has 8 heteroatoms. The first-order valence-electron chi connectivity index (χ1n) is 9.74. The molecule has 0 rings (SSSR count). The van der Waals surface area contributed by atoms with Gasteiger partial charge in [0.25, 0.3) is 5.91 Å². The van der Waals surface area contributed by atoms with Crippen LogP contribution in [0.1, 0.15) is 71.1 Å². The molecule has 0 spiro atoms. The summed E-state index contributed by atoms with van der Waals surface area (Å²) in [4.78, 5) is 33.6. The highest BCUT2D eigenvalue weighted by Crippen LogP contribution is 2.11. The minimum atomic E-state index is -0.969. The molecule has 0 aromatic rings. The number of allylic oxidation sites excluding steroid dienone is 2. The van der Waals surface area contributed by atoms with Crippen LogP contribution in [-0.4, -0.2) is 38.0 Å². The Labute approximate surface area is 162 Å². The summed E-state index contributed by atoms with van der Waals surface area (Å²) >= 11 is 0. The van der Waals surface area contributed by atoms with Gasteiger partial charge in [0, 0.05) is 13.5 Å². The number of likely N-dealkylation sites (N-methyl/N-ethyl adjacent to an activating group) is 1. The van der Waals surface area contributed by atoms with Gasteiger partial charge in [-0.2, -0.15) is 0 Å². The average molecular weight is 386 g/mol. The highest BCUT2D eigenvalue weighted by molar-refractivity contribution is 5.79. The summed E-state index contributed by atoms with van der Waals surface area (Å²) in [5.74, 6) is -0.432. The fourth-order valence-corrected chi connectivity index (χ4v) is 2.44. The quantitative estimate of drug-likeness (QED) is 0.227. The molecular weight excluding hydrogens is 350 g/mol. The number of hydrogen-bond donors (Lipinski definition) is 3. The number of hydrogen-bond acceptors (Lipinski definition) is 5. The number of unbranched alkanes of at least 4 members (excludes halogenated alkanes) is 7. The van der Waals surface area contributed by atoms with Crippen molar-refractivity contribution in [3.63, 3.8) is 0 Å². The Morgan fingerprint density at radius 3 is 2.22 bits per heavy atom. The molecule has 0 aromatic heterocycles. The summed E-state index contributed by atoms with van der Waals surface area (Å²) in [6.07, 6.45) is 12.2. The van der Waals surface area contributed by atoms with Crippen molar-refractivity contribution in [2.75, 3.05) is 13.7 Å². The van der Waals surface area contributed by atoms with Crippen LogP contribution >= 0.6 is 0 Å². The molecule has 8 nitrogen and oxygen atoms in total. The van der Waals surface area contributed by atoms with Crippen LogP contribution < -0.4 is 16.4 Å². The van der Waals surface area contributed by atoms with Crippen molar-refractivity contribution in [1.82, 2.24) is 10.6 Å². The molecular formula is C19H35N3O5. The third-order valence-corrected chi connectivity index (χ3v) is 3.89. The summed E-state index contributed by atoms with van der Waals surface area (Å²) < 4.78 is 9.58. The van der Waals surface area contributed by atoms with Gasteiger partial charge >= 0.3 is 12.2 Å². The number of ether oxygens (including phenoxy) is 2. The predicted molar refractivity (Wildman–Crippen MR) is 104 cm³/mol. The van der Waals surface area contributed by atoms with E-state index in [1.54, 1.807) is 0 Å². The van der Waals surface area contributed by atoms with E-state index < -0.39 is 30.9 Å². The minimum Gasteiger partial charge on any atom is -0.439 e. The standard InChI is InChI=1S/C19H35N3O5/c1-3-4-5-6-7-8-9-10-11-12-13-14-17(27-18(20)24)22-19(25)26-15-16(23)21-2/h4-5,17H,3,6-15H2,1-2H3,(H2,20,24)(H,21,23)(H,22,25)/b5-4-. The molecule has 1 atom stereocenters. The second-order valence-electron chi connectivity index (χ2n) is 6.25. The van der Waals surface area contributed by atoms with Crippen molar-refractivity contribution in [1.29, 1.82) is 0 Å². The zero-order valence-corrected chi connectivity index (χ0v) is 16.6. The number of amides is 3. The van der Waals surface area contributed by atoms with Crippen LogP contribution in [-0.2, 0) is 14.3 Å². The van der Waals surface area contributed by atoms with Crippen molar-refractivity contribution in [3.8, 4) is 0 Å². The van der Waals surface area contributed by atoms with Crippen LogP contribution in [0.3, 0.4) is 0 Å². The largest absolute Gasteiger partial charge is 0.439 e. The van der Waals surface area contributed by atoms with Gasteiger partial charge in [-0.05, 0) is 25.7 Å². The number of alkyl carbamates (subject to hydrolysis) is 1. The van der Waals surface area contributed by atoms with Crippen molar-refractivity contribution < 1.29 is 23.9 Å². The molecule has 27 heavy (non-hydrogen) atoms. The van der Waals surface area contributed by atoms with Gasteiger partial charge in [0.15, 0.2) is 12.8 Å². The molecule has 0 aliphatic heterocycles. The van der Waals surface area contributed by atoms with Crippen LogP contribution in [0.25, 0.3) is 0 Å². The molecule has 0 saturated carbocycles. The van der Waals surface area contributed by atoms with Gasteiger partial charge in [0.1, 0.15) is 0 Å². The number of carbonyl (C=O) groups excluding carboxylic acids is 3. The molecule has 0 aliphatic rings. The maximum atomic E-state index is 11.6. The van der Waals surface area contributed by atoms with Crippen molar-refractivity contribution in [2.45, 2.75) is 77.4 Å². The van der Waals surface area contributed by atoms with Crippen LogP contribution in [0.15, 0.2) is 12.2 Å². The van der Waals surface area contributed by atoms with Crippen molar-refractivity contribution in [2.24, 2.45) is 5.73 Å². The molecule has 156 valence electrons. The van der Waals surface area contributed by atoms with E-state index in [0.717, 1.165) is 32.1 Å². The van der Waals surface area contributed by atoms with Gasteiger partial charge in [-0.3, -0.25) is 10.1 Å². The fraction of sp³-hybridized carbons (Fsp3) is 0.737. The lowest BCUT2D eigenvalue weighted by molar-refractivity contribution is -0.123. The maximum Gasteiger partial charge on any atom is 0.410 e. The molecule has 4 N–H and O–H groups in total. The zero-order valence-electron chi connectivity index (χ0n) is 16.6. The number of carbonyl (C=O) groups is 3. The van der Waals surface area contributed by atoms with Gasteiger partial charge in [-0.15, -0.1) is 0 Å². The third kappa shape index (κ3) is 16.9. The molecule has 0 bridgehead atoms. The zero-order chi connectivity index (χ0) is 20.3. The summed E-state index contributed by atoms with van der Waals surface area (Å²) in [6, 6.07) is 0. The molecule has 0 aliphatic carbocycles. The Balaban J connectivity index is 3.85. The van der Waals surface area contributed by atoms with Crippen molar-refractivity contribution in [3.05, 3.63) is 12.2 Å². The monoisotopic (exact) mass is 385 g/mol. The topological polar surface area (TPSA) is 120 Å². The smallest absolute Gasteiger partial charge is 0.410 e. The van der Waals surface area contributed by atoms with E-state index in [-0.39, 0.29) is 0 Å². The van der Waals surface area contributed by atoms with Crippen LogP contribution in [0.5, 0.6) is 0 Å². The summed E-state index contributed by atoms with van der Waals surface area (Å²) in [6.45, 7) is 1.73. The Morgan fingerprint density at radius 1 is 1.00 bits per heavy atom. The number of nitrogens with one attached hydrogen (secondary N) is 2. The lowest BCUT2D eigenvalue weighted by Gasteiger charge is -2.17. The first kappa shape index (κ1) is 24.8. The molecule has 0 radical (unpaired) electrons. The van der Waals surface area contributed by atoms with Gasteiger partial charge in [-0.25, -0.2) is 9.59 Å². The molecule has 0 heterocycles. The van der Waals surface area contributed by atoms with Gasteiger partial charge in [0.05, 0.1) is 0 Å². The first-order valence-corrected chi connectivity index (χ1v) is 9.74. The van der Waals surface area contributed by atoms with Gasteiger partial charge in [0.2, 0.25) is 0 Å². The number of nitrogens with two attached hydrogens (primary N) is 1. The fourth-order valence-electron chi connectivity index (χ4n) is 2.44. The highest BCUT2D eigenvalue weighted by Gasteiger charge is 2.16. The second-order valence-corrected chi connectivity index (χ2v) is 6.25. The SMILES string of the molecule is CC/C=C\CCCCCCCCCC(NC(=O)OCC(=O)NC)OC(N)=O. The second kappa shape index (κ2) is 17.2. The normalized spacial score (nSPS) is 11.8. The number of primary amides is 1. The molecule has 0 saturated heterocycles. The van der Waals surface area contributed by atoms with E-state index in [1.807, 2.05) is 0 Å². The molecule has 1 unspecified atom stereocenters. The average Bonchev–Trinajstić information content (AvgIpc) is 2.63. The van der Waals surface area contributed by atoms with Crippen molar-refractivity contribution >= 4 is 18.1 Å². The summed E-state index contributed by atoms with van der Waals surface area (Å²) in [5, 5.41) is 4.72. The van der Waals surface area contributed by atoms with E-state index in [0.29, 0.717) is 6.42 Å². The van der Waals surface area contributed by atoms with E-state index in [1.165, 1.54) is 32.7 Å². The predicted octanol–water partition coefficient (Wildman–Crippen LogP) is 3.36. The Kier molecular flexibility index (Phi) is 15.7. The van der Waals surface area contributed by atoms with Gasteiger partial charge in [-0.1, -0.05) is 51.2 Å². The summed E-state index contributed by atoms with van der Waals surface area (Å²) in [5.41, 5.74) is 5.02. The molecule has 0 fully saturated rings. The van der Waals surface area contributed by atoms with E-state index in [2.05, 4.69) is 29.7 Å². The van der Waals surface area contributed by atoms with E-state index >= 15 is 0 Å². The highest BCUT2D eigenvalue weighted by atomic mass is 16.6. The summed E-state index contributed by atoms with van der Waals surface area (Å²) in [7, 11) is 1.44. The minimum absolute atomic E-state index is 0.403. The maximum absolute atomic E-state index is 11.6. The Hall–Kier alpha value is -2.25. The van der Waals surface area contributed by atoms with E-state index in [9.17, 15) is 14.4 Å². The first-order chi connectivity index (χ1) is 13.0. The Bertz CT molecular complexity index is 455. The van der Waals surface area contributed by atoms with Crippen LogP contribution in [0, 0.1) is 0 Å². The van der Waals surface area contributed by atoms with Crippen LogP contribution in [0.4, 0.5) is 9.59 Å².